The zero-order valence-corrected chi connectivity index (χ0v) is 12.7. The van der Waals surface area contributed by atoms with Crippen LogP contribution in [0.5, 0.6) is 0 Å². The Bertz CT molecular complexity index is 488. The molecule has 0 aliphatic rings. The van der Waals surface area contributed by atoms with Crippen molar-refractivity contribution >= 4 is 23.4 Å². The van der Waals surface area contributed by atoms with Crippen LogP contribution >= 0.6 is 11.6 Å². The Kier molecular flexibility index (Phi) is 6.61. The lowest BCUT2D eigenvalue weighted by Crippen LogP contribution is -2.48. The number of carbonyl (C=O) groups excluding carboxylic acids is 2. The lowest BCUT2D eigenvalue weighted by Gasteiger charge is -2.22. The number of hydrogen-bond donors (Lipinski definition) is 3. The number of ether oxygens (including phenoxy) is 1. The van der Waals surface area contributed by atoms with E-state index < -0.39 is 17.4 Å². The molecule has 0 aliphatic carbocycles. The number of benzene rings is 1. The third-order valence-electron chi connectivity index (χ3n) is 2.66. The van der Waals surface area contributed by atoms with Crippen LogP contribution < -0.4 is 10.6 Å². The normalized spacial score (nSPS) is 13.3. The molecular formula is C14H19ClN2O4. The molecular weight excluding hydrogens is 296 g/mol. The standard InChI is InChI=1S/C14H19ClN2O4/c1-14(20,9-21-2)8-17-13(19)12(18)16-7-10-3-5-11(15)6-4-10/h3-6,20H,7-9H2,1-2H3,(H,16,18)(H,17,19). The number of amides is 2. The summed E-state index contributed by atoms with van der Waals surface area (Å²) in [5.74, 6) is -1.57. The maximum absolute atomic E-state index is 11.6. The van der Waals surface area contributed by atoms with Gasteiger partial charge in [0.15, 0.2) is 0 Å². The zero-order chi connectivity index (χ0) is 15.9. The number of carbonyl (C=O) groups is 2. The Morgan fingerprint density at radius 1 is 1.24 bits per heavy atom. The highest BCUT2D eigenvalue weighted by Crippen LogP contribution is 2.09. The van der Waals surface area contributed by atoms with Crippen molar-refractivity contribution in [3.05, 3.63) is 34.9 Å². The summed E-state index contributed by atoms with van der Waals surface area (Å²) >= 11 is 5.75. The van der Waals surface area contributed by atoms with Crippen molar-refractivity contribution in [3.8, 4) is 0 Å². The van der Waals surface area contributed by atoms with E-state index in [1.807, 2.05) is 0 Å². The fourth-order valence-electron chi connectivity index (χ4n) is 1.58. The maximum atomic E-state index is 11.6. The van der Waals surface area contributed by atoms with Gasteiger partial charge in [-0.3, -0.25) is 9.59 Å². The first-order valence-corrected chi connectivity index (χ1v) is 6.73. The van der Waals surface area contributed by atoms with Gasteiger partial charge in [-0.05, 0) is 24.6 Å². The summed E-state index contributed by atoms with van der Waals surface area (Å²) < 4.78 is 4.80. The van der Waals surface area contributed by atoms with Crippen LogP contribution in [0.15, 0.2) is 24.3 Å². The van der Waals surface area contributed by atoms with Crippen LogP contribution in [0.1, 0.15) is 12.5 Å². The monoisotopic (exact) mass is 314 g/mol. The molecule has 1 rings (SSSR count). The molecule has 0 saturated heterocycles. The molecule has 1 aromatic rings. The first-order chi connectivity index (χ1) is 9.84. The number of nitrogens with one attached hydrogen (secondary N) is 2. The molecule has 0 aromatic heterocycles. The first kappa shape index (κ1) is 17.4. The van der Waals surface area contributed by atoms with Crippen molar-refractivity contribution in [1.29, 1.82) is 0 Å². The van der Waals surface area contributed by atoms with E-state index >= 15 is 0 Å². The minimum Gasteiger partial charge on any atom is -0.386 e. The quantitative estimate of drug-likeness (QED) is 0.666. The molecule has 0 fully saturated rings. The minimum absolute atomic E-state index is 0.0552. The Hall–Kier alpha value is -1.63. The van der Waals surface area contributed by atoms with Crippen molar-refractivity contribution in [3.63, 3.8) is 0 Å². The zero-order valence-electron chi connectivity index (χ0n) is 12.0. The van der Waals surface area contributed by atoms with Crippen LogP contribution in [0.4, 0.5) is 0 Å². The lowest BCUT2D eigenvalue weighted by atomic mass is 10.1. The molecule has 3 N–H and O–H groups in total. The summed E-state index contributed by atoms with van der Waals surface area (Å²) in [6.07, 6.45) is 0. The van der Waals surface area contributed by atoms with Crippen molar-refractivity contribution in [2.24, 2.45) is 0 Å². The van der Waals surface area contributed by atoms with Gasteiger partial charge in [-0.15, -0.1) is 0 Å². The molecule has 0 heterocycles. The Labute approximate surface area is 128 Å². The maximum Gasteiger partial charge on any atom is 0.309 e. The third-order valence-corrected chi connectivity index (χ3v) is 2.91. The molecule has 7 heteroatoms. The number of aliphatic hydroxyl groups is 1. The molecule has 1 aromatic carbocycles. The number of rotatable bonds is 6. The molecule has 21 heavy (non-hydrogen) atoms. The third kappa shape index (κ3) is 6.57. The molecule has 0 spiro atoms. The molecule has 0 radical (unpaired) electrons. The fraction of sp³-hybridized carbons (Fsp3) is 0.429. The van der Waals surface area contributed by atoms with Crippen LogP contribution in [0.3, 0.4) is 0 Å². The van der Waals surface area contributed by atoms with Gasteiger partial charge in [-0.25, -0.2) is 0 Å². The van der Waals surface area contributed by atoms with Gasteiger partial charge in [0, 0.05) is 25.2 Å². The van der Waals surface area contributed by atoms with Crippen LogP contribution in [-0.2, 0) is 20.9 Å². The van der Waals surface area contributed by atoms with Crippen molar-refractivity contribution in [2.75, 3.05) is 20.3 Å². The highest BCUT2D eigenvalue weighted by Gasteiger charge is 2.23. The fourth-order valence-corrected chi connectivity index (χ4v) is 1.70. The summed E-state index contributed by atoms with van der Waals surface area (Å²) in [5.41, 5.74) is -0.395. The first-order valence-electron chi connectivity index (χ1n) is 6.36. The molecule has 0 saturated carbocycles. The Balaban J connectivity index is 2.37. The lowest BCUT2D eigenvalue weighted by molar-refractivity contribution is -0.140. The molecule has 1 atom stereocenters. The summed E-state index contributed by atoms with van der Waals surface area (Å²) in [4.78, 5) is 23.2. The van der Waals surface area contributed by atoms with Gasteiger partial charge in [0.2, 0.25) is 0 Å². The van der Waals surface area contributed by atoms with E-state index in [0.717, 1.165) is 5.56 Å². The van der Waals surface area contributed by atoms with Crippen LogP contribution in [0.2, 0.25) is 5.02 Å². The summed E-state index contributed by atoms with van der Waals surface area (Å²) in [6.45, 7) is 1.70. The van der Waals surface area contributed by atoms with E-state index in [0.29, 0.717) is 5.02 Å². The molecule has 0 bridgehead atoms. The molecule has 1 unspecified atom stereocenters. The second-order valence-electron chi connectivity index (χ2n) is 4.92. The average Bonchev–Trinajstić information content (AvgIpc) is 2.44. The SMILES string of the molecule is COCC(C)(O)CNC(=O)C(=O)NCc1ccc(Cl)cc1. The van der Waals surface area contributed by atoms with Gasteiger partial charge < -0.3 is 20.5 Å². The second kappa shape index (κ2) is 7.97. The number of methoxy groups -OCH3 is 1. The van der Waals surface area contributed by atoms with Gasteiger partial charge in [0.25, 0.3) is 0 Å². The summed E-state index contributed by atoms with van der Waals surface area (Å²) in [7, 11) is 1.44. The molecule has 2 amide bonds. The van der Waals surface area contributed by atoms with Crippen LogP contribution in [0, 0.1) is 0 Å². The largest absolute Gasteiger partial charge is 0.386 e. The number of hydrogen-bond acceptors (Lipinski definition) is 4. The van der Waals surface area contributed by atoms with E-state index in [-0.39, 0.29) is 19.7 Å². The molecule has 6 nitrogen and oxygen atoms in total. The van der Waals surface area contributed by atoms with Crippen molar-refractivity contribution < 1.29 is 19.4 Å². The Morgan fingerprint density at radius 3 is 2.38 bits per heavy atom. The minimum atomic E-state index is -1.22. The van der Waals surface area contributed by atoms with Gasteiger partial charge in [0.05, 0.1) is 6.61 Å². The summed E-state index contributed by atoms with van der Waals surface area (Å²) in [6, 6.07) is 6.91. The predicted octanol–water partition coefficient (Wildman–Crippen LogP) is 0.470. The van der Waals surface area contributed by atoms with Crippen molar-refractivity contribution in [1.82, 2.24) is 10.6 Å². The molecule has 0 aliphatic heterocycles. The predicted molar refractivity (Wildman–Crippen MR) is 78.8 cm³/mol. The van der Waals surface area contributed by atoms with Gasteiger partial charge >= 0.3 is 11.8 Å². The van der Waals surface area contributed by atoms with E-state index in [2.05, 4.69) is 10.6 Å². The van der Waals surface area contributed by atoms with Crippen LogP contribution in [-0.4, -0.2) is 42.8 Å². The van der Waals surface area contributed by atoms with Crippen LogP contribution in [0.25, 0.3) is 0 Å². The average molecular weight is 315 g/mol. The van der Waals surface area contributed by atoms with E-state index in [4.69, 9.17) is 16.3 Å². The summed E-state index contributed by atoms with van der Waals surface area (Å²) in [5, 5.41) is 15.2. The van der Waals surface area contributed by atoms with Crippen molar-refractivity contribution in [2.45, 2.75) is 19.1 Å². The van der Waals surface area contributed by atoms with Gasteiger partial charge in [-0.2, -0.15) is 0 Å². The Morgan fingerprint density at radius 2 is 1.81 bits per heavy atom. The van der Waals surface area contributed by atoms with E-state index in [9.17, 15) is 14.7 Å². The van der Waals surface area contributed by atoms with Gasteiger partial charge in [-0.1, -0.05) is 23.7 Å². The van der Waals surface area contributed by atoms with Gasteiger partial charge in [0.1, 0.15) is 5.60 Å². The second-order valence-corrected chi connectivity index (χ2v) is 5.36. The molecule has 116 valence electrons. The highest BCUT2D eigenvalue weighted by atomic mass is 35.5. The number of halogens is 1. The van der Waals surface area contributed by atoms with E-state index in [1.54, 1.807) is 24.3 Å². The smallest absolute Gasteiger partial charge is 0.309 e. The highest BCUT2D eigenvalue weighted by molar-refractivity contribution is 6.35. The van der Waals surface area contributed by atoms with E-state index in [1.165, 1.54) is 14.0 Å². The topological polar surface area (TPSA) is 87.7 Å².